The Bertz CT molecular complexity index is 403. The summed E-state index contributed by atoms with van der Waals surface area (Å²) in [6, 6.07) is 9.20. The summed E-state index contributed by atoms with van der Waals surface area (Å²) in [4.78, 5) is 12.0. The summed E-state index contributed by atoms with van der Waals surface area (Å²) in [6.07, 6.45) is 0.773. The van der Waals surface area contributed by atoms with Gasteiger partial charge < -0.3 is 4.74 Å². The Morgan fingerprint density at radius 2 is 1.89 bits per heavy atom. The smallest absolute Gasteiger partial charge is 0.326 e. The molecule has 1 aromatic rings. The van der Waals surface area contributed by atoms with Crippen LogP contribution in [-0.4, -0.2) is 22.0 Å². The molecular weight excluding hydrogens is 248 g/mol. The molecule has 0 heterocycles. The Kier molecular flexibility index (Phi) is 6.05. The zero-order valence-electron chi connectivity index (χ0n) is 11.1. The summed E-state index contributed by atoms with van der Waals surface area (Å²) in [5, 5.41) is -0.708. The van der Waals surface area contributed by atoms with Crippen LogP contribution in [0.1, 0.15) is 38.0 Å². The predicted molar refractivity (Wildman–Crippen MR) is 73.7 cm³/mol. The number of esters is 1. The van der Waals surface area contributed by atoms with E-state index >= 15 is 0 Å². The third kappa shape index (κ3) is 3.67. The molecule has 1 rings (SSSR count). The molecule has 0 radical (unpaired) electrons. The molecule has 18 heavy (non-hydrogen) atoms. The quantitative estimate of drug-likeness (QED) is 0.745. The molecule has 0 amide bonds. The van der Waals surface area contributed by atoms with Crippen molar-refractivity contribution in [2.45, 2.75) is 37.7 Å². The third-order valence-corrected chi connectivity index (χ3v) is 4.86. The van der Waals surface area contributed by atoms with Crippen LogP contribution in [-0.2, 0) is 20.3 Å². The lowest BCUT2D eigenvalue weighted by atomic mass is 10.1. The molecule has 100 valence electrons. The van der Waals surface area contributed by atoms with Gasteiger partial charge in [-0.05, 0) is 18.9 Å². The molecule has 1 aromatic carbocycles. The first-order chi connectivity index (χ1) is 8.61. The van der Waals surface area contributed by atoms with E-state index in [1.165, 1.54) is 0 Å². The maximum absolute atomic E-state index is 12.4. The molecule has 0 fully saturated rings. The third-order valence-electron chi connectivity index (χ3n) is 2.81. The standard InChI is InChI=1S/C14H20O3S/c1-4-11(3)18(16)13(14(15)17-5-2)12-9-7-6-8-10-12/h6-11,13H,4-5H2,1-3H3. The van der Waals surface area contributed by atoms with Gasteiger partial charge >= 0.3 is 5.97 Å². The monoisotopic (exact) mass is 268 g/mol. The Labute approximate surface area is 111 Å². The largest absolute Gasteiger partial charge is 0.465 e. The minimum atomic E-state index is -1.26. The molecule has 0 aromatic heterocycles. The number of hydrogen-bond donors (Lipinski definition) is 0. The van der Waals surface area contributed by atoms with Crippen molar-refractivity contribution in [3.05, 3.63) is 35.9 Å². The highest BCUT2D eigenvalue weighted by Crippen LogP contribution is 2.25. The molecular formula is C14H20O3S. The molecule has 0 saturated carbocycles. The van der Waals surface area contributed by atoms with Crippen LogP contribution in [0, 0.1) is 0 Å². The first-order valence-corrected chi connectivity index (χ1v) is 7.50. The van der Waals surface area contributed by atoms with Gasteiger partial charge in [0, 0.05) is 16.0 Å². The lowest BCUT2D eigenvalue weighted by Gasteiger charge is -2.19. The van der Waals surface area contributed by atoms with E-state index in [-0.39, 0.29) is 5.25 Å². The molecule has 0 bridgehead atoms. The number of rotatable bonds is 6. The van der Waals surface area contributed by atoms with Crippen molar-refractivity contribution >= 4 is 16.8 Å². The lowest BCUT2D eigenvalue weighted by Crippen LogP contribution is -2.26. The topological polar surface area (TPSA) is 43.4 Å². The van der Waals surface area contributed by atoms with Crippen LogP contribution in [0.5, 0.6) is 0 Å². The molecule has 0 aliphatic rings. The second kappa shape index (κ2) is 7.31. The van der Waals surface area contributed by atoms with Crippen molar-refractivity contribution in [2.75, 3.05) is 6.61 Å². The Hall–Kier alpha value is -1.16. The van der Waals surface area contributed by atoms with E-state index in [2.05, 4.69) is 0 Å². The van der Waals surface area contributed by atoms with Crippen molar-refractivity contribution in [3.8, 4) is 0 Å². The number of carbonyl (C=O) groups excluding carboxylic acids is 1. The fourth-order valence-corrected chi connectivity index (χ4v) is 3.08. The molecule has 0 spiro atoms. The maximum atomic E-state index is 12.4. The van der Waals surface area contributed by atoms with E-state index in [4.69, 9.17) is 4.74 Å². The number of carbonyl (C=O) groups is 1. The van der Waals surface area contributed by atoms with Crippen LogP contribution in [0.2, 0.25) is 0 Å². The molecule has 0 aliphatic carbocycles. The Morgan fingerprint density at radius 3 is 2.39 bits per heavy atom. The summed E-state index contributed by atoms with van der Waals surface area (Å²) < 4.78 is 17.4. The second-order valence-electron chi connectivity index (χ2n) is 4.09. The van der Waals surface area contributed by atoms with E-state index in [0.29, 0.717) is 6.61 Å². The van der Waals surface area contributed by atoms with Gasteiger partial charge in [-0.2, -0.15) is 0 Å². The normalized spacial score (nSPS) is 15.7. The van der Waals surface area contributed by atoms with E-state index in [1.54, 1.807) is 6.92 Å². The van der Waals surface area contributed by atoms with Gasteiger partial charge in [-0.15, -0.1) is 0 Å². The highest BCUT2D eigenvalue weighted by molar-refractivity contribution is 7.86. The van der Waals surface area contributed by atoms with Gasteiger partial charge in [0.05, 0.1) is 6.61 Å². The molecule has 3 nitrogen and oxygen atoms in total. The average Bonchev–Trinajstić information content (AvgIpc) is 2.39. The zero-order valence-corrected chi connectivity index (χ0v) is 11.9. The van der Waals surface area contributed by atoms with E-state index < -0.39 is 22.0 Å². The van der Waals surface area contributed by atoms with Crippen molar-refractivity contribution < 1.29 is 13.7 Å². The highest BCUT2D eigenvalue weighted by Gasteiger charge is 2.30. The van der Waals surface area contributed by atoms with Gasteiger partial charge in [0.25, 0.3) is 0 Å². The SMILES string of the molecule is CCOC(=O)C(c1ccccc1)S(=O)C(C)CC. The predicted octanol–water partition coefficient (Wildman–Crippen LogP) is 2.84. The highest BCUT2D eigenvalue weighted by atomic mass is 32.2. The fourth-order valence-electron chi connectivity index (χ4n) is 1.61. The van der Waals surface area contributed by atoms with E-state index in [1.807, 2.05) is 44.2 Å². The fraction of sp³-hybridized carbons (Fsp3) is 0.500. The summed E-state index contributed by atoms with van der Waals surface area (Å²) >= 11 is 0. The van der Waals surface area contributed by atoms with Crippen LogP contribution in [0.4, 0.5) is 0 Å². The molecule has 3 atom stereocenters. The van der Waals surface area contributed by atoms with Crippen LogP contribution < -0.4 is 0 Å². The molecule has 0 N–H and O–H groups in total. The average molecular weight is 268 g/mol. The first kappa shape index (κ1) is 14.9. The van der Waals surface area contributed by atoms with Crippen molar-refractivity contribution in [2.24, 2.45) is 0 Å². The van der Waals surface area contributed by atoms with Crippen molar-refractivity contribution in [1.82, 2.24) is 0 Å². The first-order valence-electron chi connectivity index (χ1n) is 6.22. The van der Waals surface area contributed by atoms with Crippen LogP contribution in [0.3, 0.4) is 0 Å². The minimum absolute atomic E-state index is 0.0281. The summed E-state index contributed by atoms with van der Waals surface area (Å²) in [7, 11) is -1.26. The van der Waals surface area contributed by atoms with Crippen LogP contribution >= 0.6 is 0 Å². The van der Waals surface area contributed by atoms with Crippen molar-refractivity contribution in [1.29, 1.82) is 0 Å². The Balaban J connectivity index is 3.03. The summed E-state index contributed by atoms with van der Waals surface area (Å²) in [5.41, 5.74) is 0.759. The lowest BCUT2D eigenvalue weighted by molar-refractivity contribution is -0.142. The van der Waals surface area contributed by atoms with Crippen LogP contribution in [0.25, 0.3) is 0 Å². The molecule has 4 heteroatoms. The zero-order chi connectivity index (χ0) is 13.5. The van der Waals surface area contributed by atoms with E-state index in [0.717, 1.165) is 12.0 Å². The summed E-state index contributed by atoms with van der Waals surface area (Å²) in [5.74, 6) is -0.401. The van der Waals surface area contributed by atoms with Crippen molar-refractivity contribution in [3.63, 3.8) is 0 Å². The number of ether oxygens (including phenoxy) is 1. The second-order valence-corrected chi connectivity index (χ2v) is 6.02. The maximum Gasteiger partial charge on any atom is 0.326 e. The van der Waals surface area contributed by atoms with Gasteiger partial charge in [-0.25, -0.2) is 0 Å². The Morgan fingerprint density at radius 1 is 1.28 bits per heavy atom. The minimum Gasteiger partial charge on any atom is -0.465 e. The van der Waals surface area contributed by atoms with Gasteiger partial charge in [0.1, 0.15) is 0 Å². The van der Waals surface area contributed by atoms with Gasteiger partial charge in [-0.1, -0.05) is 44.2 Å². The van der Waals surface area contributed by atoms with Crippen LogP contribution in [0.15, 0.2) is 30.3 Å². The molecule has 0 aliphatic heterocycles. The number of benzene rings is 1. The summed E-state index contributed by atoms with van der Waals surface area (Å²) in [6.45, 7) is 5.92. The number of hydrogen-bond acceptors (Lipinski definition) is 3. The van der Waals surface area contributed by atoms with Gasteiger partial charge in [0.15, 0.2) is 5.25 Å². The van der Waals surface area contributed by atoms with Gasteiger partial charge in [-0.3, -0.25) is 9.00 Å². The molecule has 3 unspecified atom stereocenters. The van der Waals surface area contributed by atoms with Gasteiger partial charge in [0.2, 0.25) is 0 Å². The molecule has 0 saturated heterocycles. The van der Waals surface area contributed by atoms with E-state index in [9.17, 15) is 9.00 Å².